The van der Waals surface area contributed by atoms with Crippen LogP contribution in [-0.4, -0.2) is 53.3 Å². The molecule has 28 heavy (non-hydrogen) atoms. The molecule has 0 aromatic carbocycles. The van der Waals surface area contributed by atoms with E-state index in [2.05, 4.69) is 33.3 Å². The molecule has 2 atom stereocenters. The number of ether oxygens (including phenoxy) is 1. The van der Waals surface area contributed by atoms with Gasteiger partial charge in [0.25, 0.3) is 0 Å². The van der Waals surface area contributed by atoms with Crippen LogP contribution in [0.3, 0.4) is 0 Å². The van der Waals surface area contributed by atoms with Gasteiger partial charge in [0.2, 0.25) is 5.91 Å². The zero-order valence-electron chi connectivity index (χ0n) is 16.7. The zero-order valence-corrected chi connectivity index (χ0v) is 16.7. The number of rotatable bonds is 9. The smallest absolute Gasteiger partial charge is 0.314 e. The van der Waals surface area contributed by atoms with E-state index >= 15 is 0 Å². The third kappa shape index (κ3) is 6.31. The van der Waals surface area contributed by atoms with Crippen LogP contribution in [0.2, 0.25) is 0 Å². The standard InChI is InChI=1S/C18H30N6O4/c1-4-7-13-11-15(25)22-18(20-13)24-14(10-12(3)23-24)21-17(27)16(26)19-8-6-9-28-5-2/h10,13,18,20H,4-9,11H2,1-3H3,(H,19,26)(H,21,27)(H,22,25). The van der Waals surface area contributed by atoms with Crippen LogP contribution in [0.4, 0.5) is 5.82 Å². The predicted molar refractivity (Wildman–Crippen MR) is 103 cm³/mol. The molecular weight excluding hydrogens is 364 g/mol. The lowest BCUT2D eigenvalue weighted by molar-refractivity contribution is -0.136. The Morgan fingerprint density at radius 3 is 2.86 bits per heavy atom. The summed E-state index contributed by atoms with van der Waals surface area (Å²) in [5.41, 5.74) is 0.654. The summed E-state index contributed by atoms with van der Waals surface area (Å²) in [6.45, 7) is 7.21. The monoisotopic (exact) mass is 394 g/mol. The van der Waals surface area contributed by atoms with Gasteiger partial charge in [-0.3, -0.25) is 19.7 Å². The molecule has 4 N–H and O–H groups in total. The maximum absolute atomic E-state index is 12.2. The molecule has 0 bridgehead atoms. The predicted octanol–water partition coefficient (Wildman–Crippen LogP) is 0.407. The largest absolute Gasteiger partial charge is 0.382 e. The molecule has 10 nitrogen and oxygen atoms in total. The van der Waals surface area contributed by atoms with Crippen LogP contribution >= 0.6 is 0 Å². The van der Waals surface area contributed by atoms with Gasteiger partial charge in [-0.2, -0.15) is 5.10 Å². The molecule has 2 unspecified atom stereocenters. The van der Waals surface area contributed by atoms with Crippen molar-refractivity contribution in [3.63, 3.8) is 0 Å². The van der Waals surface area contributed by atoms with Crippen molar-refractivity contribution in [2.24, 2.45) is 0 Å². The van der Waals surface area contributed by atoms with Crippen LogP contribution in [-0.2, 0) is 19.1 Å². The van der Waals surface area contributed by atoms with Gasteiger partial charge in [0.05, 0.1) is 5.69 Å². The van der Waals surface area contributed by atoms with Gasteiger partial charge < -0.3 is 20.7 Å². The lowest BCUT2D eigenvalue weighted by atomic mass is 10.1. The highest BCUT2D eigenvalue weighted by molar-refractivity contribution is 6.39. The molecule has 2 rings (SSSR count). The molecule has 3 amide bonds. The zero-order chi connectivity index (χ0) is 20.5. The Labute approximate surface area is 164 Å². The van der Waals surface area contributed by atoms with Crippen LogP contribution < -0.4 is 21.3 Å². The summed E-state index contributed by atoms with van der Waals surface area (Å²) in [6.07, 6.45) is 2.24. The molecule has 0 aliphatic carbocycles. The van der Waals surface area contributed by atoms with E-state index in [0.29, 0.717) is 44.1 Å². The van der Waals surface area contributed by atoms with Gasteiger partial charge >= 0.3 is 11.8 Å². The van der Waals surface area contributed by atoms with Crippen molar-refractivity contribution in [1.82, 2.24) is 25.7 Å². The van der Waals surface area contributed by atoms with E-state index in [1.807, 2.05) is 6.92 Å². The second-order valence-electron chi connectivity index (χ2n) is 6.70. The van der Waals surface area contributed by atoms with E-state index in [1.165, 1.54) is 4.68 Å². The van der Waals surface area contributed by atoms with Gasteiger partial charge in [0, 0.05) is 38.3 Å². The Bertz CT molecular complexity index is 690. The number of anilines is 1. The number of hydrogen-bond acceptors (Lipinski definition) is 6. The van der Waals surface area contributed by atoms with Crippen molar-refractivity contribution in [3.8, 4) is 0 Å². The maximum Gasteiger partial charge on any atom is 0.314 e. The van der Waals surface area contributed by atoms with Gasteiger partial charge in [-0.25, -0.2) is 4.68 Å². The van der Waals surface area contributed by atoms with E-state index < -0.39 is 18.1 Å². The third-order valence-corrected chi connectivity index (χ3v) is 4.27. The molecule has 1 aliphatic rings. The van der Waals surface area contributed by atoms with E-state index in [1.54, 1.807) is 13.0 Å². The average Bonchev–Trinajstić information content (AvgIpc) is 3.01. The summed E-state index contributed by atoms with van der Waals surface area (Å²) in [7, 11) is 0. The molecule has 0 radical (unpaired) electrons. The number of nitrogens with one attached hydrogen (secondary N) is 4. The SMILES string of the molecule is CCCC1CC(=O)NC(n2nc(C)cc2NC(=O)C(=O)NCCCOCC)N1. The fourth-order valence-electron chi connectivity index (χ4n) is 3.01. The first-order valence-electron chi connectivity index (χ1n) is 9.73. The lowest BCUT2D eigenvalue weighted by Crippen LogP contribution is -2.53. The molecule has 1 aromatic rings. The minimum atomic E-state index is -0.787. The molecule has 1 aromatic heterocycles. The summed E-state index contributed by atoms with van der Waals surface area (Å²) in [6, 6.07) is 1.68. The van der Waals surface area contributed by atoms with Crippen molar-refractivity contribution in [3.05, 3.63) is 11.8 Å². The van der Waals surface area contributed by atoms with E-state index in [4.69, 9.17) is 4.74 Å². The molecule has 2 heterocycles. The first kappa shape index (κ1) is 21.8. The molecule has 0 saturated carbocycles. The Morgan fingerprint density at radius 1 is 1.36 bits per heavy atom. The topological polar surface area (TPSA) is 126 Å². The Morgan fingerprint density at radius 2 is 2.14 bits per heavy atom. The number of aromatic nitrogens is 2. The van der Waals surface area contributed by atoms with Crippen LogP contribution in [0.1, 0.15) is 51.5 Å². The summed E-state index contributed by atoms with van der Waals surface area (Å²) in [4.78, 5) is 36.2. The number of aryl methyl sites for hydroxylation is 1. The third-order valence-electron chi connectivity index (χ3n) is 4.27. The normalized spacial score (nSPS) is 19.2. The Balaban J connectivity index is 1.98. The van der Waals surface area contributed by atoms with E-state index in [9.17, 15) is 14.4 Å². The lowest BCUT2D eigenvalue weighted by Gasteiger charge is -2.32. The summed E-state index contributed by atoms with van der Waals surface area (Å²) in [5.74, 6) is -1.27. The first-order valence-corrected chi connectivity index (χ1v) is 9.73. The van der Waals surface area contributed by atoms with Crippen molar-refractivity contribution >= 4 is 23.5 Å². The van der Waals surface area contributed by atoms with Crippen molar-refractivity contribution in [2.75, 3.05) is 25.1 Å². The summed E-state index contributed by atoms with van der Waals surface area (Å²) >= 11 is 0. The molecule has 1 saturated heterocycles. The van der Waals surface area contributed by atoms with Gasteiger partial charge in [-0.05, 0) is 26.7 Å². The molecule has 0 spiro atoms. The van der Waals surface area contributed by atoms with E-state index in [-0.39, 0.29) is 11.9 Å². The van der Waals surface area contributed by atoms with Gasteiger partial charge in [-0.1, -0.05) is 13.3 Å². The molecule has 156 valence electrons. The highest BCUT2D eigenvalue weighted by Crippen LogP contribution is 2.18. The van der Waals surface area contributed by atoms with Crippen LogP contribution in [0.5, 0.6) is 0 Å². The highest BCUT2D eigenvalue weighted by atomic mass is 16.5. The minimum absolute atomic E-state index is 0.0328. The number of amides is 3. The van der Waals surface area contributed by atoms with Crippen LogP contribution in [0.25, 0.3) is 0 Å². The van der Waals surface area contributed by atoms with Gasteiger partial charge in [-0.15, -0.1) is 0 Å². The number of nitrogens with zero attached hydrogens (tertiary/aromatic N) is 2. The number of carbonyl (C=O) groups is 3. The van der Waals surface area contributed by atoms with Crippen LogP contribution in [0.15, 0.2) is 6.07 Å². The van der Waals surface area contributed by atoms with Gasteiger partial charge in [0.15, 0.2) is 6.29 Å². The Kier molecular flexibility index (Phi) is 8.40. The van der Waals surface area contributed by atoms with Crippen molar-refractivity contribution in [1.29, 1.82) is 0 Å². The van der Waals surface area contributed by atoms with Gasteiger partial charge in [0.1, 0.15) is 5.82 Å². The first-order chi connectivity index (χ1) is 13.4. The fourth-order valence-corrected chi connectivity index (χ4v) is 3.01. The highest BCUT2D eigenvalue weighted by Gasteiger charge is 2.29. The summed E-state index contributed by atoms with van der Waals surface area (Å²) < 4.78 is 6.67. The van der Waals surface area contributed by atoms with E-state index in [0.717, 1.165) is 12.8 Å². The van der Waals surface area contributed by atoms with Crippen LogP contribution in [0, 0.1) is 6.92 Å². The number of carbonyl (C=O) groups excluding carboxylic acids is 3. The summed E-state index contributed by atoms with van der Waals surface area (Å²) in [5, 5.41) is 15.6. The maximum atomic E-state index is 12.2. The minimum Gasteiger partial charge on any atom is -0.382 e. The molecule has 1 aliphatic heterocycles. The second-order valence-corrected chi connectivity index (χ2v) is 6.70. The molecule has 1 fully saturated rings. The van der Waals surface area contributed by atoms with Crippen molar-refractivity contribution in [2.45, 2.75) is 58.8 Å². The number of hydrogen-bond donors (Lipinski definition) is 4. The average molecular weight is 394 g/mol. The molecule has 10 heteroatoms. The van der Waals surface area contributed by atoms with Crippen molar-refractivity contribution < 1.29 is 19.1 Å². The second kappa shape index (κ2) is 10.8. The quantitative estimate of drug-likeness (QED) is 0.355. The fraction of sp³-hybridized carbons (Fsp3) is 0.667. The Hall–Kier alpha value is -2.46. The molecular formula is C18H30N6O4.